The van der Waals surface area contributed by atoms with Crippen LogP contribution in [0.15, 0.2) is 103 Å². The standard InChI is InChI=1S/C30H32N2O6/c33-27(18-19-28(34)35)25(17-16-22-10-4-1-5-11-22)31-29(36)26(20-23-12-6-2-7-13-23)32-30(37)38-21-24-14-8-3-9-15-24/h1-15,18-19,25-27,33H,16-17,20-21H2,(H,31,36)(H,32,37)(H,34,35)/b19-18+/t25-,26?,27-/m0/s1. The Balaban J connectivity index is 1.72. The average Bonchev–Trinajstić information content (AvgIpc) is 2.94. The number of carbonyl (C=O) groups is 3. The number of rotatable bonds is 13. The maximum atomic E-state index is 13.4. The lowest BCUT2D eigenvalue weighted by Crippen LogP contribution is -2.53. The maximum absolute atomic E-state index is 13.4. The second kappa shape index (κ2) is 15.0. The number of aliphatic hydroxyl groups is 1. The summed E-state index contributed by atoms with van der Waals surface area (Å²) in [5.74, 6) is -1.73. The third kappa shape index (κ3) is 9.91. The van der Waals surface area contributed by atoms with Gasteiger partial charge in [0.1, 0.15) is 12.6 Å². The first kappa shape index (κ1) is 28.1. The zero-order valence-electron chi connectivity index (χ0n) is 20.9. The van der Waals surface area contributed by atoms with Crippen LogP contribution in [0.2, 0.25) is 0 Å². The number of hydrogen-bond acceptors (Lipinski definition) is 5. The summed E-state index contributed by atoms with van der Waals surface area (Å²) < 4.78 is 5.31. The summed E-state index contributed by atoms with van der Waals surface area (Å²) in [6.45, 7) is 0.0464. The van der Waals surface area contributed by atoms with Gasteiger partial charge in [0.15, 0.2) is 0 Å². The highest BCUT2D eigenvalue weighted by atomic mass is 16.5. The molecule has 3 rings (SSSR count). The topological polar surface area (TPSA) is 125 Å². The van der Waals surface area contributed by atoms with Gasteiger partial charge in [0.2, 0.25) is 5.91 Å². The minimum Gasteiger partial charge on any atom is -0.478 e. The third-order valence-electron chi connectivity index (χ3n) is 5.87. The number of aliphatic hydroxyl groups excluding tert-OH is 1. The highest BCUT2D eigenvalue weighted by molar-refractivity contribution is 5.86. The molecule has 3 atom stereocenters. The Bertz CT molecular complexity index is 1190. The fraction of sp³-hybridized carbons (Fsp3) is 0.233. The Hall–Kier alpha value is -4.43. The van der Waals surface area contributed by atoms with E-state index in [0.717, 1.165) is 28.8 Å². The van der Waals surface area contributed by atoms with Gasteiger partial charge in [0.25, 0.3) is 0 Å². The number of aliphatic carboxylic acids is 1. The van der Waals surface area contributed by atoms with Crippen LogP contribution in [0.3, 0.4) is 0 Å². The van der Waals surface area contributed by atoms with Gasteiger partial charge in [-0.25, -0.2) is 9.59 Å². The Morgan fingerprint density at radius 3 is 1.92 bits per heavy atom. The van der Waals surface area contributed by atoms with Crippen molar-refractivity contribution in [3.8, 4) is 0 Å². The molecule has 0 saturated carbocycles. The van der Waals surface area contributed by atoms with E-state index < -0.39 is 36.2 Å². The van der Waals surface area contributed by atoms with E-state index in [2.05, 4.69) is 10.6 Å². The molecule has 0 heterocycles. The lowest BCUT2D eigenvalue weighted by atomic mass is 9.99. The number of carboxylic acid groups (broad SMARTS) is 1. The van der Waals surface area contributed by atoms with Crippen LogP contribution in [0.4, 0.5) is 4.79 Å². The summed E-state index contributed by atoms with van der Waals surface area (Å²) in [4.78, 5) is 37.0. The predicted octanol–water partition coefficient (Wildman–Crippen LogP) is 3.64. The molecular weight excluding hydrogens is 484 g/mol. The van der Waals surface area contributed by atoms with Crippen molar-refractivity contribution in [2.75, 3.05) is 0 Å². The molecule has 38 heavy (non-hydrogen) atoms. The first-order valence-corrected chi connectivity index (χ1v) is 12.4. The van der Waals surface area contributed by atoms with E-state index in [1.165, 1.54) is 0 Å². The smallest absolute Gasteiger partial charge is 0.408 e. The lowest BCUT2D eigenvalue weighted by molar-refractivity contribution is -0.131. The minimum atomic E-state index is -1.25. The highest BCUT2D eigenvalue weighted by Crippen LogP contribution is 2.11. The Morgan fingerprint density at radius 2 is 1.34 bits per heavy atom. The number of nitrogens with one attached hydrogen (secondary N) is 2. The molecule has 8 nitrogen and oxygen atoms in total. The normalized spacial score (nSPS) is 13.3. The molecule has 2 amide bonds. The van der Waals surface area contributed by atoms with Gasteiger partial charge < -0.3 is 25.6 Å². The van der Waals surface area contributed by atoms with E-state index in [9.17, 15) is 19.5 Å². The number of amides is 2. The SMILES string of the molecule is O=C(O)/C=C/[C@H](O)[C@H](CCc1ccccc1)NC(=O)C(Cc1ccccc1)NC(=O)OCc1ccccc1. The first-order chi connectivity index (χ1) is 18.4. The van der Waals surface area contributed by atoms with Gasteiger partial charge in [-0.15, -0.1) is 0 Å². The molecule has 0 fully saturated rings. The predicted molar refractivity (Wildman–Crippen MR) is 143 cm³/mol. The molecule has 4 N–H and O–H groups in total. The number of alkyl carbamates (subject to hydrolysis) is 1. The van der Waals surface area contributed by atoms with Gasteiger partial charge in [-0.1, -0.05) is 91.0 Å². The van der Waals surface area contributed by atoms with Gasteiger partial charge in [0, 0.05) is 12.5 Å². The Labute approximate surface area is 222 Å². The van der Waals surface area contributed by atoms with E-state index >= 15 is 0 Å². The summed E-state index contributed by atoms with van der Waals surface area (Å²) in [6, 6.07) is 26.1. The van der Waals surface area contributed by atoms with Crippen LogP contribution >= 0.6 is 0 Å². The number of carbonyl (C=O) groups excluding carboxylic acids is 2. The molecule has 3 aromatic carbocycles. The molecule has 0 aliphatic heterocycles. The van der Waals surface area contributed by atoms with Crippen LogP contribution < -0.4 is 10.6 Å². The van der Waals surface area contributed by atoms with E-state index in [4.69, 9.17) is 9.84 Å². The molecule has 0 radical (unpaired) electrons. The first-order valence-electron chi connectivity index (χ1n) is 12.4. The number of aryl methyl sites for hydroxylation is 1. The van der Waals surface area contributed by atoms with Crippen LogP contribution in [0, 0.1) is 0 Å². The Kier molecular flexibility index (Phi) is 11.1. The summed E-state index contributed by atoms with van der Waals surface area (Å²) in [5.41, 5.74) is 2.63. The summed E-state index contributed by atoms with van der Waals surface area (Å²) in [5, 5.41) is 25.1. The monoisotopic (exact) mass is 516 g/mol. The van der Waals surface area contributed by atoms with Gasteiger partial charge >= 0.3 is 12.1 Å². The van der Waals surface area contributed by atoms with Gasteiger partial charge in [-0.05, 0) is 35.6 Å². The van der Waals surface area contributed by atoms with Crippen LogP contribution in [0.5, 0.6) is 0 Å². The quantitative estimate of drug-likeness (QED) is 0.257. The molecule has 0 spiro atoms. The van der Waals surface area contributed by atoms with E-state index in [1.807, 2.05) is 91.0 Å². The molecule has 3 aromatic rings. The molecule has 0 bridgehead atoms. The number of carboxylic acids is 1. The van der Waals surface area contributed by atoms with Crippen molar-refractivity contribution >= 4 is 18.0 Å². The fourth-order valence-corrected chi connectivity index (χ4v) is 3.86. The second-order valence-electron chi connectivity index (χ2n) is 8.78. The zero-order chi connectivity index (χ0) is 27.2. The van der Waals surface area contributed by atoms with E-state index in [-0.39, 0.29) is 13.0 Å². The average molecular weight is 517 g/mol. The van der Waals surface area contributed by atoms with E-state index in [0.29, 0.717) is 12.8 Å². The van der Waals surface area contributed by atoms with Gasteiger partial charge in [-0.3, -0.25) is 4.79 Å². The maximum Gasteiger partial charge on any atom is 0.408 e. The van der Waals surface area contributed by atoms with Crippen LogP contribution in [-0.4, -0.2) is 46.4 Å². The molecular formula is C30H32N2O6. The molecule has 8 heteroatoms. The van der Waals surface area contributed by atoms with Crippen LogP contribution in [-0.2, 0) is 33.8 Å². The highest BCUT2D eigenvalue weighted by Gasteiger charge is 2.27. The molecule has 1 unspecified atom stereocenters. The lowest BCUT2D eigenvalue weighted by Gasteiger charge is -2.26. The largest absolute Gasteiger partial charge is 0.478 e. The fourth-order valence-electron chi connectivity index (χ4n) is 3.86. The summed E-state index contributed by atoms with van der Waals surface area (Å²) in [7, 11) is 0. The van der Waals surface area contributed by atoms with Crippen molar-refractivity contribution in [1.29, 1.82) is 0 Å². The third-order valence-corrected chi connectivity index (χ3v) is 5.87. The van der Waals surface area contributed by atoms with Crippen molar-refractivity contribution in [2.24, 2.45) is 0 Å². The minimum absolute atomic E-state index is 0.0464. The van der Waals surface area contributed by atoms with Crippen molar-refractivity contribution in [2.45, 2.75) is 44.1 Å². The van der Waals surface area contributed by atoms with Crippen molar-refractivity contribution in [1.82, 2.24) is 10.6 Å². The molecule has 0 aliphatic rings. The molecule has 0 aliphatic carbocycles. The van der Waals surface area contributed by atoms with Gasteiger partial charge in [-0.2, -0.15) is 0 Å². The zero-order valence-corrected chi connectivity index (χ0v) is 20.9. The molecule has 198 valence electrons. The second-order valence-corrected chi connectivity index (χ2v) is 8.78. The molecule has 0 aromatic heterocycles. The van der Waals surface area contributed by atoms with Crippen molar-refractivity contribution in [3.05, 3.63) is 120 Å². The Morgan fingerprint density at radius 1 is 0.789 bits per heavy atom. The summed E-state index contributed by atoms with van der Waals surface area (Å²) in [6.07, 6.45) is 1.05. The van der Waals surface area contributed by atoms with E-state index in [1.54, 1.807) is 0 Å². The van der Waals surface area contributed by atoms with Gasteiger partial charge in [0.05, 0.1) is 12.1 Å². The number of benzene rings is 3. The molecule has 0 saturated heterocycles. The number of hydrogen-bond donors (Lipinski definition) is 4. The van der Waals surface area contributed by atoms with Crippen LogP contribution in [0.25, 0.3) is 0 Å². The number of ether oxygens (including phenoxy) is 1. The van der Waals surface area contributed by atoms with Crippen molar-refractivity contribution < 1.29 is 29.3 Å². The van der Waals surface area contributed by atoms with Crippen LogP contribution in [0.1, 0.15) is 23.1 Å². The van der Waals surface area contributed by atoms with Crippen molar-refractivity contribution in [3.63, 3.8) is 0 Å². The summed E-state index contributed by atoms with van der Waals surface area (Å²) >= 11 is 0.